The van der Waals surface area contributed by atoms with Crippen molar-refractivity contribution in [1.82, 2.24) is 4.98 Å². The van der Waals surface area contributed by atoms with Crippen LogP contribution in [0.3, 0.4) is 0 Å². The lowest BCUT2D eigenvalue weighted by molar-refractivity contribution is -0.134. The largest absolute Gasteiger partial charge is 0.427 e. The maximum atomic E-state index is 14.1. The number of nitrogens with zero attached hydrogens (tertiary/aromatic N) is 2. The van der Waals surface area contributed by atoms with Crippen molar-refractivity contribution >= 4 is 17.0 Å². The van der Waals surface area contributed by atoms with Gasteiger partial charge in [-0.25, -0.2) is 9.37 Å². The van der Waals surface area contributed by atoms with Crippen LogP contribution in [0.2, 0.25) is 0 Å². The molecule has 0 N–H and O–H groups in total. The molecular weight excluding hydrogens is 304 g/mol. The monoisotopic (exact) mass is 317 g/mol. The molecule has 0 saturated carbocycles. The number of thiazole rings is 1. The van der Waals surface area contributed by atoms with Crippen molar-refractivity contribution in [3.63, 3.8) is 0 Å². The van der Waals surface area contributed by atoms with Crippen LogP contribution in [-0.2, 0) is 6.18 Å². The summed E-state index contributed by atoms with van der Waals surface area (Å²) in [6.07, 6.45) is -4.51. The Morgan fingerprint density at radius 3 is 2.43 bits per heavy atom. The summed E-state index contributed by atoms with van der Waals surface area (Å²) in [7, 11) is 0. The SMILES string of the molecule is CCN(CC)c1ccc(-c2n[c]sc2C(F)(F)F)cc1F. The van der Waals surface area contributed by atoms with Gasteiger partial charge in [-0.15, -0.1) is 11.3 Å². The van der Waals surface area contributed by atoms with Crippen molar-refractivity contribution < 1.29 is 17.6 Å². The van der Waals surface area contributed by atoms with Gasteiger partial charge in [0.05, 0.1) is 11.4 Å². The quantitative estimate of drug-likeness (QED) is 0.765. The molecule has 1 aromatic carbocycles. The molecule has 113 valence electrons. The Labute approximate surface area is 124 Å². The van der Waals surface area contributed by atoms with E-state index in [0.29, 0.717) is 30.1 Å². The van der Waals surface area contributed by atoms with Gasteiger partial charge in [0.25, 0.3) is 0 Å². The molecule has 0 amide bonds. The normalized spacial score (nSPS) is 11.7. The number of hydrogen-bond acceptors (Lipinski definition) is 3. The van der Waals surface area contributed by atoms with Crippen molar-refractivity contribution in [2.24, 2.45) is 0 Å². The van der Waals surface area contributed by atoms with E-state index in [2.05, 4.69) is 10.5 Å². The lowest BCUT2D eigenvalue weighted by atomic mass is 10.1. The number of alkyl halides is 3. The number of anilines is 1. The Balaban J connectivity index is 2.44. The minimum atomic E-state index is -4.51. The van der Waals surface area contributed by atoms with Crippen LogP contribution in [0.1, 0.15) is 18.7 Å². The van der Waals surface area contributed by atoms with E-state index in [1.54, 1.807) is 4.90 Å². The zero-order chi connectivity index (χ0) is 15.6. The van der Waals surface area contributed by atoms with E-state index in [4.69, 9.17) is 0 Å². The molecule has 2 nitrogen and oxygen atoms in total. The molecule has 2 aromatic rings. The Bertz CT molecular complexity index is 618. The highest BCUT2D eigenvalue weighted by Crippen LogP contribution is 2.39. The van der Waals surface area contributed by atoms with Gasteiger partial charge in [-0.3, -0.25) is 0 Å². The minimum absolute atomic E-state index is 0.105. The zero-order valence-corrected chi connectivity index (χ0v) is 12.3. The second-order valence-electron chi connectivity index (χ2n) is 4.32. The van der Waals surface area contributed by atoms with Crippen LogP contribution in [0.5, 0.6) is 0 Å². The average Bonchev–Trinajstić information content (AvgIpc) is 2.91. The lowest BCUT2D eigenvalue weighted by Gasteiger charge is -2.21. The smallest absolute Gasteiger partial charge is 0.370 e. The maximum absolute atomic E-state index is 14.1. The number of hydrogen-bond donors (Lipinski definition) is 0. The molecule has 0 aliphatic heterocycles. The van der Waals surface area contributed by atoms with E-state index in [9.17, 15) is 17.6 Å². The van der Waals surface area contributed by atoms with Crippen LogP contribution in [0.4, 0.5) is 23.2 Å². The fourth-order valence-electron chi connectivity index (χ4n) is 2.08. The lowest BCUT2D eigenvalue weighted by Crippen LogP contribution is -2.22. The third-order valence-corrected chi connectivity index (χ3v) is 3.91. The molecule has 0 unspecified atom stereocenters. The first-order valence-corrected chi connectivity index (χ1v) is 7.19. The van der Waals surface area contributed by atoms with E-state index in [1.165, 1.54) is 12.1 Å². The summed E-state index contributed by atoms with van der Waals surface area (Å²) in [6.45, 7) is 5.00. The van der Waals surface area contributed by atoms with Crippen molar-refractivity contribution in [1.29, 1.82) is 0 Å². The number of benzene rings is 1. The van der Waals surface area contributed by atoms with Crippen LogP contribution >= 0.6 is 11.3 Å². The molecule has 0 bridgehead atoms. The van der Waals surface area contributed by atoms with Crippen molar-refractivity contribution in [2.75, 3.05) is 18.0 Å². The van der Waals surface area contributed by atoms with Gasteiger partial charge < -0.3 is 4.90 Å². The predicted molar refractivity (Wildman–Crippen MR) is 74.9 cm³/mol. The molecule has 0 saturated heterocycles. The minimum Gasteiger partial charge on any atom is -0.370 e. The van der Waals surface area contributed by atoms with Gasteiger partial charge in [-0.2, -0.15) is 13.2 Å². The summed E-state index contributed by atoms with van der Waals surface area (Å²) in [5.41, 5.74) is 2.42. The third kappa shape index (κ3) is 3.18. The van der Waals surface area contributed by atoms with Gasteiger partial charge >= 0.3 is 6.18 Å². The van der Waals surface area contributed by atoms with E-state index >= 15 is 0 Å². The van der Waals surface area contributed by atoms with Crippen LogP contribution in [0.15, 0.2) is 18.2 Å². The molecular formula is C14H13F4N2S. The molecule has 21 heavy (non-hydrogen) atoms. The van der Waals surface area contributed by atoms with E-state index in [1.807, 2.05) is 13.8 Å². The Hall–Kier alpha value is -1.63. The highest BCUT2D eigenvalue weighted by Gasteiger charge is 2.36. The van der Waals surface area contributed by atoms with Gasteiger partial charge in [-0.05, 0) is 26.0 Å². The van der Waals surface area contributed by atoms with Gasteiger partial charge in [0.15, 0.2) is 5.51 Å². The molecule has 0 aliphatic carbocycles. The molecule has 0 atom stereocenters. The second kappa shape index (κ2) is 6.01. The topological polar surface area (TPSA) is 16.1 Å². The molecule has 1 heterocycles. The van der Waals surface area contributed by atoms with Crippen molar-refractivity contribution in [2.45, 2.75) is 20.0 Å². The van der Waals surface area contributed by atoms with Crippen LogP contribution in [0.25, 0.3) is 11.3 Å². The Morgan fingerprint density at radius 2 is 1.90 bits per heavy atom. The molecule has 7 heteroatoms. The fourth-order valence-corrected chi connectivity index (χ4v) is 2.68. The summed E-state index contributed by atoms with van der Waals surface area (Å²) < 4.78 is 52.6. The first-order valence-electron chi connectivity index (χ1n) is 6.37. The average molecular weight is 317 g/mol. The summed E-state index contributed by atoms with van der Waals surface area (Å²) in [6, 6.07) is 4.03. The molecule has 1 aromatic heterocycles. The Kier molecular flexibility index (Phi) is 4.51. The van der Waals surface area contributed by atoms with Gasteiger partial charge in [0.2, 0.25) is 0 Å². The van der Waals surface area contributed by atoms with Crippen molar-refractivity contribution in [3.8, 4) is 11.3 Å². The highest BCUT2D eigenvalue weighted by atomic mass is 32.1. The summed E-state index contributed by atoms with van der Waals surface area (Å²) >= 11 is 0.383. The zero-order valence-electron chi connectivity index (χ0n) is 11.5. The second-order valence-corrected chi connectivity index (χ2v) is 5.11. The summed E-state index contributed by atoms with van der Waals surface area (Å²) in [5.74, 6) is -0.558. The van der Waals surface area contributed by atoms with Gasteiger partial charge in [-0.1, -0.05) is 6.07 Å². The number of aromatic nitrogens is 1. The van der Waals surface area contributed by atoms with Crippen molar-refractivity contribution in [3.05, 3.63) is 34.4 Å². The molecule has 0 aliphatic rings. The highest BCUT2D eigenvalue weighted by molar-refractivity contribution is 7.09. The van der Waals surface area contributed by atoms with E-state index < -0.39 is 16.9 Å². The first-order chi connectivity index (χ1) is 9.88. The molecule has 0 fully saturated rings. The predicted octanol–water partition coefficient (Wildman–Crippen LogP) is 4.61. The summed E-state index contributed by atoms with van der Waals surface area (Å²) in [5, 5.41) is 0. The third-order valence-electron chi connectivity index (χ3n) is 3.10. The number of rotatable bonds is 4. The first kappa shape index (κ1) is 15.8. The molecule has 2 rings (SSSR count). The van der Waals surface area contributed by atoms with Crippen LogP contribution in [-0.4, -0.2) is 18.1 Å². The maximum Gasteiger partial charge on any atom is 0.427 e. The van der Waals surface area contributed by atoms with Gasteiger partial charge in [0.1, 0.15) is 10.7 Å². The molecule has 1 radical (unpaired) electrons. The molecule has 0 spiro atoms. The fraction of sp³-hybridized carbons (Fsp3) is 0.357. The van der Waals surface area contributed by atoms with E-state index in [-0.39, 0.29) is 11.3 Å². The van der Waals surface area contributed by atoms with E-state index in [0.717, 1.165) is 6.07 Å². The van der Waals surface area contributed by atoms with Gasteiger partial charge in [0, 0.05) is 18.7 Å². The van der Waals surface area contributed by atoms with Crippen LogP contribution < -0.4 is 4.90 Å². The number of halogens is 4. The van der Waals surface area contributed by atoms with Crippen LogP contribution in [0, 0.1) is 11.3 Å². The Morgan fingerprint density at radius 1 is 1.24 bits per heavy atom. The standard InChI is InChI=1S/C14H13F4N2S/c1-3-20(4-2)11-6-5-9(7-10(11)15)12-13(14(16,17)18)21-8-19-12/h5-7H,3-4H2,1-2H3. The summed E-state index contributed by atoms with van der Waals surface area (Å²) in [4.78, 5) is 4.53.